The lowest BCUT2D eigenvalue weighted by molar-refractivity contribution is 0.511. The second kappa shape index (κ2) is 4.42. The van der Waals surface area contributed by atoms with Crippen molar-refractivity contribution < 1.29 is 8.42 Å². The monoisotopic (exact) mass is 255 g/mol. The molecule has 1 rings (SSSR count). The molecular weight excluding hydrogens is 234 g/mol. The van der Waals surface area contributed by atoms with Crippen LogP contribution in [0, 0.1) is 13.8 Å². The van der Waals surface area contributed by atoms with Crippen LogP contribution >= 0.6 is 0 Å². The van der Waals surface area contributed by atoms with E-state index in [2.05, 4.69) is 0 Å². The fourth-order valence-corrected chi connectivity index (χ4v) is 2.82. The lowest BCUT2D eigenvalue weighted by Gasteiger charge is -2.21. The van der Waals surface area contributed by atoms with Gasteiger partial charge in [-0.1, -0.05) is 6.07 Å². The first-order valence-electron chi connectivity index (χ1n) is 5.60. The fourth-order valence-electron chi connectivity index (χ4n) is 1.82. The zero-order valence-electron chi connectivity index (χ0n) is 11.2. The van der Waals surface area contributed by atoms with Crippen LogP contribution in [0.25, 0.3) is 0 Å². The van der Waals surface area contributed by atoms with E-state index in [1.807, 2.05) is 33.8 Å². The summed E-state index contributed by atoms with van der Waals surface area (Å²) in [6.45, 7) is 7.69. The standard InChI is InChI=1S/C13H21NO2S/c1-9-6-11(8-13(3,4)14)12(7-10(9)2)17(5,15)16/h6-7H,8,14H2,1-5H3. The molecule has 1 aromatic rings. The zero-order chi connectivity index (χ0) is 13.4. The van der Waals surface area contributed by atoms with E-state index in [1.165, 1.54) is 6.26 Å². The number of benzene rings is 1. The van der Waals surface area contributed by atoms with Gasteiger partial charge in [-0.15, -0.1) is 0 Å². The molecule has 0 saturated heterocycles. The van der Waals surface area contributed by atoms with Crippen molar-refractivity contribution in [2.45, 2.75) is 44.6 Å². The first-order chi connectivity index (χ1) is 7.50. The van der Waals surface area contributed by atoms with Crippen LogP contribution in [0.4, 0.5) is 0 Å². The van der Waals surface area contributed by atoms with Gasteiger partial charge >= 0.3 is 0 Å². The highest BCUT2D eigenvalue weighted by atomic mass is 32.2. The lowest BCUT2D eigenvalue weighted by Crippen LogP contribution is -2.35. The summed E-state index contributed by atoms with van der Waals surface area (Å²) in [4.78, 5) is 0.402. The molecule has 0 aliphatic rings. The van der Waals surface area contributed by atoms with Gasteiger partial charge in [0.2, 0.25) is 0 Å². The van der Waals surface area contributed by atoms with E-state index in [9.17, 15) is 8.42 Å². The molecule has 0 bridgehead atoms. The minimum atomic E-state index is -3.20. The van der Waals surface area contributed by atoms with Crippen LogP contribution in [0.2, 0.25) is 0 Å². The van der Waals surface area contributed by atoms with Crippen molar-refractivity contribution in [3.63, 3.8) is 0 Å². The fraction of sp³-hybridized carbons (Fsp3) is 0.538. The van der Waals surface area contributed by atoms with Crippen molar-refractivity contribution in [2.24, 2.45) is 5.73 Å². The molecule has 0 fully saturated rings. The molecule has 0 radical (unpaired) electrons. The maximum Gasteiger partial charge on any atom is 0.175 e. The molecule has 2 N–H and O–H groups in total. The third-order valence-electron chi connectivity index (χ3n) is 2.72. The van der Waals surface area contributed by atoms with Gasteiger partial charge in [0.05, 0.1) is 4.90 Å². The van der Waals surface area contributed by atoms with Crippen LogP contribution in [-0.2, 0) is 16.3 Å². The minimum absolute atomic E-state index is 0.402. The number of hydrogen-bond donors (Lipinski definition) is 1. The van der Waals surface area contributed by atoms with Gasteiger partial charge in [-0.3, -0.25) is 0 Å². The number of nitrogens with two attached hydrogens (primary N) is 1. The molecule has 0 heterocycles. The number of sulfone groups is 1. The van der Waals surface area contributed by atoms with E-state index < -0.39 is 15.4 Å². The summed E-state index contributed by atoms with van der Waals surface area (Å²) < 4.78 is 23.5. The summed E-state index contributed by atoms with van der Waals surface area (Å²) >= 11 is 0. The van der Waals surface area contributed by atoms with Crippen molar-refractivity contribution in [1.29, 1.82) is 0 Å². The van der Waals surface area contributed by atoms with Gasteiger partial charge in [0.15, 0.2) is 9.84 Å². The molecule has 1 aromatic carbocycles. The van der Waals surface area contributed by atoms with Crippen LogP contribution in [0.1, 0.15) is 30.5 Å². The number of hydrogen-bond acceptors (Lipinski definition) is 3. The molecule has 4 heteroatoms. The van der Waals surface area contributed by atoms with Crippen molar-refractivity contribution in [1.82, 2.24) is 0 Å². The lowest BCUT2D eigenvalue weighted by atomic mass is 9.94. The highest BCUT2D eigenvalue weighted by Gasteiger charge is 2.20. The van der Waals surface area contributed by atoms with Gasteiger partial charge in [0.25, 0.3) is 0 Å². The Morgan fingerprint density at radius 1 is 1.18 bits per heavy atom. The minimum Gasteiger partial charge on any atom is -0.325 e. The largest absolute Gasteiger partial charge is 0.325 e. The van der Waals surface area contributed by atoms with E-state index in [-0.39, 0.29) is 0 Å². The first kappa shape index (κ1) is 14.2. The molecule has 0 amide bonds. The van der Waals surface area contributed by atoms with Crippen LogP contribution < -0.4 is 5.73 Å². The molecule has 0 atom stereocenters. The van der Waals surface area contributed by atoms with Crippen LogP contribution in [0.5, 0.6) is 0 Å². The predicted molar refractivity (Wildman–Crippen MR) is 71.0 cm³/mol. The molecule has 0 unspecified atom stereocenters. The zero-order valence-corrected chi connectivity index (χ0v) is 12.0. The molecular formula is C13H21NO2S. The smallest absolute Gasteiger partial charge is 0.175 e. The maximum absolute atomic E-state index is 11.8. The Balaban J connectivity index is 3.42. The Hall–Kier alpha value is -0.870. The summed E-state index contributed by atoms with van der Waals surface area (Å²) in [5.41, 5.74) is 8.45. The van der Waals surface area contributed by atoms with Crippen LogP contribution in [-0.4, -0.2) is 20.2 Å². The summed E-state index contributed by atoms with van der Waals surface area (Å²) in [6, 6.07) is 3.67. The van der Waals surface area contributed by atoms with Gasteiger partial charge in [0.1, 0.15) is 0 Å². The van der Waals surface area contributed by atoms with E-state index in [1.54, 1.807) is 6.07 Å². The van der Waals surface area contributed by atoms with Crippen LogP contribution in [0.15, 0.2) is 17.0 Å². The molecule has 0 aliphatic heterocycles. The summed E-state index contributed by atoms with van der Waals surface area (Å²) in [5.74, 6) is 0. The Bertz CT molecular complexity index is 525. The molecule has 0 aliphatic carbocycles. The van der Waals surface area contributed by atoms with Gasteiger partial charge in [0, 0.05) is 11.8 Å². The maximum atomic E-state index is 11.8. The third kappa shape index (κ3) is 3.82. The molecule has 3 nitrogen and oxygen atoms in total. The molecule has 0 spiro atoms. The van der Waals surface area contributed by atoms with Gasteiger partial charge in [-0.05, 0) is 56.9 Å². The summed E-state index contributed by atoms with van der Waals surface area (Å²) in [7, 11) is -3.20. The topological polar surface area (TPSA) is 60.2 Å². The van der Waals surface area contributed by atoms with Gasteiger partial charge in [-0.25, -0.2) is 8.42 Å². The molecule has 0 saturated carbocycles. The Kier molecular flexibility index (Phi) is 3.69. The molecule has 17 heavy (non-hydrogen) atoms. The van der Waals surface area contributed by atoms with Crippen molar-refractivity contribution >= 4 is 9.84 Å². The SMILES string of the molecule is Cc1cc(CC(C)(C)N)c(S(C)(=O)=O)cc1C. The average Bonchev–Trinajstić information content (AvgIpc) is 2.06. The first-order valence-corrected chi connectivity index (χ1v) is 7.49. The van der Waals surface area contributed by atoms with Gasteiger partial charge < -0.3 is 5.73 Å². The summed E-state index contributed by atoms with van der Waals surface area (Å²) in [5, 5.41) is 0. The normalized spacial score (nSPS) is 12.8. The van der Waals surface area contributed by atoms with Crippen molar-refractivity contribution in [3.8, 4) is 0 Å². The van der Waals surface area contributed by atoms with Crippen molar-refractivity contribution in [2.75, 3.05) is 6.26 Å². The van der Waals surface area contributed by atoms with E-state index in [0.717, 1.165) is 16.7 Å². The van der Waals surface area contributed by atoms with Crippen molar-refractivity contribution in [3.05, 3.63) is 28.8 Å². The van der Waals surface area contributed by atoms with E-state index >= 15 is 0 Å². The Morgan fingerprint density at radius 2 is 1.65 bits per heavy atom. The summed E-state index contributed by atoms with van der Waals surface area (Å²) in [6.07, 6.45) is 1.79. The van der Waals surface area contributed by atoms with E-state index in [4.69, 9.17) is 5.73 Å². The second-order valence-corrected chi connectivity index (χ2v) is 7.47. The van der Waals surface area contributed by atoms with Gasteiger partial charge in [-0.2, -0.15) is 0 Å². The predicted octanol–water partition coefficient (Wildman–Crippen LogP) is 1.99. The average molecular weight is 255 g/mol. The Labute approximate surface area is 104 Å². The highest BCUT2D eigenvalue weighted by Crippen LogP contribution is 2.23. The molecule has 0 aromatic heterocycles. The second-order valence-electron chi connectivity index (χ2n) is 5.48. The Morgan fingerprint density at radius 3 is 2.06 bits per heavy atom. The highest BCUT2D eigenvalue weighted by molar-refractivity contribution is 7.90. The quantitative estimate of drug-likeness (QED) is 0.898. The number of rotatable bonds is 3. The van der Waals surface area contributed by atoms with E-state index in [0.29, 0.717) is 11.3 Å². The number of aryl methyl sites for hydroxylation is 2. The molecule has 96 valence electrons. The third-order valence-corrected chi connectivity index (χ3v) is 3.90. The van der Waals surface area contributed by atoms with Crippen LogP contribution in [0.3, 0.4) is 0 Å².